The van der Waals surface area contributed by atoms with Gasteiger partial charge in [-0.2, -0.15) is 0 Å². The Kier molecular flexibility index (Phi) is 5.51. The minimum Gasteiger partial charge on any atom is -0.334 e. The Bertz CT molecular complexity index is 1070. The van der Waals surface area contributed by atoms with E-state index in [-0.39, 0.29) is 5.75 Å². The van der Waals surface area contributed by atoms with Crippen molar-refractivity contribution in [1.82, 2.24) is 4.90 Å². The van der Waals surface area contributed by atoms with Crippen molar-refractivity contribution < 1.29 is 18.0 Å². The number of aryl methyl sites for hydroxylation is 1. The number of nitrogens with zero attached hydrogens (tertiary/aromatic N) is 1. The number of hydrogen-bond acceptors (Lipinski definition) is 4. The van der Waals surface area contributed by atoms with E-state index in [9.17, 15) is 18.0 Å². The molecule has 1 saturated heterocycles. The molecule has 4 rings (SSSR count). The molecule has 2 N–H and O–H groups in total. The summed E-state index contributed by atoms with van der Waals surface area (Å²) in [6.07, 6.45) is 2.73. The first-order valence-corrected chi connectivity index (χ1v) is 11.7. The van der Waals surface area contributed by atoms with E-state index in [1.807, 2.05) is 0 Å². The summed E-state index contributed by atoms with van der Waals surface area (Å²) in [7, 11) is -3.35. The van der Waals surface area contributed by atoms with Crippen molar-refractivity contribution >= 4 is 33.2 Å². The van der Waals surface area contributed by atoms with Gasteiger partial charge in [-0.25, -0.2) is 8.42 Å². The standard InChI is InChI=1S/C22H25N3O4S/c1-15-2-4-16(5-3-15)12-17-8-10-25(11-9-17)22(27)21(26)23-19-6-7-20-18(13-19)14-30(28,29)24-20/h2-7,13,17,24H,8-12,14H2,1H3,(H,23,26). The summed E-state index contributed by atoms with van der Waals surface area (Å²) in [5, 5.41) is 2.60. The molecule has 158 valence electrons. The Hall–Kier alpha value is -2.87. The molecule has 2 aromatic rings. The highest BCUT2D eigenvalue weighted by molar-refractivity contribution is 7.92. The molecule has 30 heavy (non-hydrogen) atoms. The van der Waals surface area contributed by atoms with Crippen LogP contribution in [0.4, 0.5) is 11.4 Å². The molecule has 2 amide bonds. The van der Waals surface area contributed by atoms with Crippen molar-refractivity contribution in [2.45, 2.75) is 31.9 Å². The quantitative estimate of drug-likeness (QED) is 0.736. The summed E-state index contributed by atoms with van der Waals surface area (Å²) in [5.41, 5.74) is 4.05. The Labute approximate surface area is 176 Å². The van der Waals surface area contributed by atoms with Gasteiger partial charge in [0.05, 0.1) is 11.4 Å². The van der Waals surface area contributed by atoms with Crippen molar-refractivity contribution in [2.24, 2.45) is 5.92 Å². The van der Waals surface area contributed by atoms with Crippen LogP contribution in [0.3, 0.4) is 0 Å². The second-order valence-corrected chi connectivity index (χ2v) is 9.83. The summed E-state index contributed by atoms with van der Waals surface area (Å²) >= 11 is 0. The number of carbonyl (C=O) groups excluding carboxylic acids is 2. The lowest BCUT2D eigenvalue weighted by molar-refractivity contribution is -0.144. The van der Waals surface area contributed by atoms with Crippen LogP contribution in [0.2, 0.25) is 0 Å². The molecule has 0 spiro atoms. The van der Waals surface area contributed by atoms with Crippen LogP contribution >= 0.6 is 0 Å². The summed E-state index contributed by atoms with van der Waals surface area (Å²) in [6, 6.07) is 13.3. The molecule has 0 atom stereocenters. The van der Waals surface area contributed by atoms with E-state index in [1.54, 1.807) is 23.1 Å². The lowest BCUT2D eigenvalue weighted by Gasteiger charge is -2.31. The third kappa shape index (κ3) is 4.64. The largest absolute Gasteiger partial charge is 0.334 e. The van der Waals surface area contributed by atoms with Gasteiger partial charge in [-0.3, -0.25) is 14.3 Å². The number of carbonyl (C=O) groups is 2. The average molecular weight is 428 g/mol. The maximum Gasteiger partial charge on any atom is 0.313 e. The van der Waals surface area contributed by atoms with Crippen LogP contribution in [0, 0.1) is 12.8 Å². The molecule has 0 aromatic heterocycles. The number of hydrogen-bond donors (Lipinski definition) is 2. The van der Waals surface area contributed by atoms with Crippen LogP contribution in [0.1, 0.15) is 29.5 Å². The fourth-order valence-electron chi connectivity index (χ4n) is 4.02. The molecule has 0 aliphatic carbocycles. The zero-order chi connectivity index (χ0) is 21.3. The van der Waals surface area contributed by atoms with Gasteiger partial charge in [-0.1, -0.05) is 29.8 Å². The number of benzene rings is 2. The van der Waals surface area contributed by atoms with Gasteiger partial charge in [0.25, 0.3) is 0 Å². The average Bonchev–Trinajstić information content (AvgIpc) is 3.03. The zero-order valence-corrected chi connectivity index (χ0v) is 17.7. The molecular weight excluding hydrogens is 402 g/mol. The monoisotopic (exact) mass is 427 g/mol. The van der Waals surface area contributed by atoms with Crippen molar-refractivity contribution in [3.05, 3.63) is 59.2 Å². The van der Waals surface area contributed by atoms with Gasteiger partial charge in [-0.05, 0) is 61.4 Å². The van der Waals surface area contributed by atoms with Crippen molar-refractivity contribution in [1.29, 1.82) is 0 Å². The minimum absolute atomic E-state index is 0.130. The highest BCUT2D eigenvalue weighted by atomic mass is 32.2. The number of rotatable bonds is 3. The van der Waals surface area contributed by atoms with E-state index >= 15 is 0 Å². The minimum atomic E-state index is -3.35. The van der Waals surface area contributed by atoms with E-state index in [0.717, 1.165) is 19.3 Å². The first-order chi connectivity index (χ1) is 14.3. The smallest absolute Gasteiger partial charge is 0.313 e. The summed E-state index contributed by atoms with van der Waals surface area (Å²) in [6.45, 7) is 3.20. The Balaban J connectivity index is 1.30. The predicted molar refractivity (Wildman–Crippen MR) is 116 cm³/mol. The molecule has 0 unspecified atom stereocenters. The summed E-state index contributed by atoms with van der Waals surface area (Å²) in [4.78, 5) is 26.6. The third-order valence-electron chi connectivity index (χ3n) is 5.72. The number of piperidine rings is 1. The van der Waals surface area contributed by atoms with Gasteiger partial charge in [0, 0.05) is 18.8 Å². The van der Waals surface area contributed by atoms with Crippen LogP contribution in [-0.4, -0.2) is 38.2 Å². The second kappa shape index (κ2) is 8.10. The summed E-state index contributed by atoms with van der Waals surface area (Å²) < 4.78 is 25.7. The van der Waals surface area contributed by atoms with Crippen LogP contribution in [0.25, 0.3) is 0 Å². The fourth-order valence-corrected chi connectivity index (χ4v) is 5.28. The predicted octanol–water partition coefficient (Wildman–Crippen LogP) is 2.67. The fraction of sp³-hybridized carbons (Fsp3) is 0.364. The molecule has 1 fully saturated rings. The van der Waals surface area contributed by atoms with Crippen molar-refractivity contribution in [2.75, 3.05) is 23.1 Å². The van der Waals surface area contributed by atoms with Gasteiger partial charge in [0.15, 0.2) is 0 Å². The van der Waals surface area contributed by atoms with E-state index in [0.29, 0.717) is 35.9 Å². The van der Waals surface area contributed by atoms with Crippen LogP contribution in [-0.2, 0) is 31.8 Å². The number of sulfonamides is 1. The third-order valence-corrected chi connectivity index (χ3v) is 6.94. The van der Waals surface area contributed by atoms with E-state index in [1.165, 1.54) is 11.1 Å². The number of likely N-dealkylation sites (tertiary alicyclic amines) is 1. The molecule has 0 radical (unpaired) electrons. The van der Waals surface area contributed by atoms with E-state index in [4.69, 9.17) is 0 Å². The maximum absolute atomic E-state index is 12.5. The highest BCUT2D eigenvalue weighted by Crippen LogP contribution is 2.29. The first-order valence-electron chi connectivity index (χ1n) is 10.1. The zero-order valence-electron chi connectivity index (χ0n) is 16.8. The Morgan fingerprint density at radius 1 is 1.10 bits per heavy atom. The van der Waals surface area contributed by atoms with Gasteiger partial charge in [-0.15, -0.1) is 0 Å². The van der Waals surface area contributed by atoms with E-state index < -0.39 is 21.8 Å². The molecule has 2 aliphatic rings. The van der Waals surface area contributed by atoms with Gasteiger partial charge < -0.3 is 10.2 Å². The number of anilines is 2. The second-order valence-electron chi connectivity index (χ2n) is 8.11. The van der Waals surface area contributed by atoms with E-state index in [2.05, 4.69) is 41.2 Å². The first kappa shape index (κ1) is 20.4. The van der Waals surface area contributed by atoms with Crippen LogP contribution < -0.4 is 10.0 Å². The number of fused-ring (bicyclic) bond motifs is 1. The topological polar surface area (TPSA) is 95.6 Å². The van der Waals surface area contributed by atoms with Gasteiger partial charge in [0.2, 0.25) is 10.0 Å². The molecule has 0 saturated carbocycles. The number of amides is 2. The molecule has 2 heterocycles. The maximum atomic E-state index is 12.5. The Morgan fingerprint density at radius 3 is 2.50 bits per heavy atom. The molecule has 7 nitrogen and oxygen atoms in total. The lowest BCUT2D eigenvalue weighted by atomic mass is 9.90. The molecule has 0 bridgehead atoms. The number of nitrogens with one attached hydrogen (secondary N) is 2. The Morgan fingerprint density at radius 2 is 1.80 bits per heavy atom. The van der Waals surface area contributed by atoms with Gasteiger partial charge in [0.1, 0.15) is 0 Å². The van der Waals surface area contributed by atoms with Crippen LogP contribution in [0.15, 0.2) is 42.5 Å². The highest BCUT2D eigenvalue weighted by Gasteiger charge is 2.28. The molecule has 2 aliphatic heterocycles. The van der Waals surface area contributed by atoms with Crippen molar-refractivity contribution in [3.63, 3.8) is 0 Å². The molecular formula is C22H25N3O4S. The van der Waals surface area contributed by atoms with Gasteiger partial charge >= 0.3 is 11.8 Å². The SMILES string of the molecule is Cc1ccc(CC2CCN(C(=O)C(=O)Nc3ccc4c(c3)CS(=O)(=O)N4)CC2)cc1. The summed E-state index contributed by atoms with van der Waals surface area (Å²) in [5.74, 6) is -0.865. The molecule has 8 heteroatoms. The molecule has 2 aromatic carbocycles. The van der Waals surface area contributed by atoms with Crippen molar-refractivity contribution in [3.8, 4) is 0 Å². The van der Waals surface area contributed by atoms with Crippen LogP contribution in [0.5, 0.6) is 0 Å². The normalized spacial score (nSPS) is 17.8. The lowest BCUT2D eigenvalue weighted by Crippen LogP contribution is -2.44.